The lowest BCUT2D eigenvalue weighted by Gasteiger charge is -2.32. The molecule has 1 aromatic heterocycles. The van der Waals surface area contributed by atoms with Gasteiger partial charge in [-0.25, -0.2) is 4.98 Å². The summed E-state index contributed by atoms with van der Waals surface area (Å²) in [5.41, 5.74) is -0.0000139. The summed E-state index contributed by atoms with van der Waals surface area (Å²) in [6.45, 7) is 7.95. The van der Waals surface area contributed by atoms with Gasteiger partial charge >= 0.3 is 7.12 Å². The Labute approximate surface area is 125 Å². The summed E-state index contributed by atoms with van der Waals surface area (Å²) in [4.78, 5) is 4.35. The Bertz CT molecular complexity index is 589. The first-order valence-electron chi connectivity index (χ1n) is 7.26. The van der Waals surface area contributed by atoms with Crippen LogP contribution >= 0.6 is 0 Å². The van der Waals surface area contributed by atoms with E-state index in [1.54, 1.807) is 12.1 Å². The molecule has 110 valence electrons. The minimum atomic E-state index is -0.614. The van der Waals surface area contributed by atoms with E-state index in [9.17, 15) is 0 Å². The Hall–Kier alpha value is -1.58. The molecule has 0 spiro atoms. The Balaban J connectivity index is 1.95. The van der Waals surface area contributed by atoms with Crippen molar-refractivity contribution in [3.63, 3.8) is 0 Å². The number of nitrogens with zero attached hydrogens (tertiary/aromatic N) is 2. The fourth-order valence-electron chi connectivity index (χ4n) is 2.11. The van der Waals surface area contributed by atoms with Gasteiger partial charge in [0.2, 0.25) is 0 Å². The van der Waals surface area contributed by atoms with Crippen molar-refractivity contribution in [2.24, 2.45) is 0 Å². The normalized spacial score (nSPS) is 22.9. The zero-order valence-electron chi connectivity index (χ0n) is 12.8. The first kappa shape index (κ1) is 14.4. The van der Waals surface area contributed by atoms with Crippen LogP contribution in [0, 0.1) is 11.3 Å². The average molecular weight is 286 g/mol. The summed E-state index contributed by atoms with van der Waals surface area (Å²) in [7, 11) is -0.614. The van der Waals surface area contributed by atoms with Crippen LogP contribution < -0.4 is 10.3 Å². The minimum absolute atomic E-state index is 0.251. The number of hydrogen-bond acceptors (Lipinski definition) is 5. The zero-order valence-corrected chi connectivity index (χ0v) is 12.8. The first-order valence-corrected chi connectivity index (χ1v) is 7.26. The van der Waals surface area contributed by atoms with Gasteiger partial charge in [0.15, 0.2) is 0 Å². The van der Waals surface area contributed by atoms with Crippen LogP contribution in [0.4, 0.5) is 0 Å². The van der Waals surface area contributed by atoms with E-state index in [1.165, 1.54) is 0 Å². The Morgan fingerprint density at radius 1 is 1.24 bits per heavy atom. The van der Waals surface area contributed by atoms with Gasteiger partial charge in [-0.15, -0.1) is 0 Å². The summed E-state index contributed by atoms with van der Waals surface area (Å²) >= 11 is 0. The van der Waals surface area contributed by atoms with Crippen molar-refractivity contribution in [2.75, 3.05) is 0 Å². The molecule has 1 aliphatic heterocycles. The standard InChI is InChI=1S/C15H19BN2O3/c1-14(2)15(3,4)21-16(20-14)13-12(19-11-6-7-11)8-5-10(9-17)18-13/h5,8,11H,6-7H2,1-4H3. The van der Waals surface area contributed by atoms with Gasteiger partial charge in [0.1, 0.15) is 23.1 Å². The molecule has 0 unspecified atom stereocenters. The maximum atomic E-state index is 9.06. The van der Waals surface area contributed by atoms with E-state index in [0.717, 1.165) is 12.8 Å². The van der Waals surface area contributed by atoms with Gasteiger partial charge in [-0.3, -0.25) is 0 Å². The van der Waals surface area contributed by atoms with Crippen molar-refractivity contribution >= 4 is 12.7 Å². The van der Waals surface area contributed by atoms with Crippen LogP contribution in [-0.2, 0) is 9.31 Å². The number of hydrogen-bond donors (Lipinski definition) is 0. The van der Waals surface area contributed by atoms with Crippen molar-refractivity contribution in [2.45, 2.75) is 57.8 Å². The largest absolute Gasteiger partial charge is 0.518 e. The monoisotopic (exact) mass is 286 g/mol. The predicted octanol–water partition coefficient (Wildman–Crippen LogP) is 1.79. The molecule has 2 aliphatic rings. The van der Waals surface area contributed by atoms with Gasteiger partial charge < -0.3 is 14.0 Å². The third-order valence-corrected chi connectivity index (χ3v) is 4.29. The molecular weight excluding hydrogens is 267 g/mol. The zero-order chi connectivity index (χ0) is 15.3. The van der Waals surface area contributed by atoms with E-state index >= 15 is 0 Å². The van der Waals surface area contributed by atoms with Gasteiger partial charge in [0, 0.05) is 0 Å². The molecule has 0 bridgehead atoms. The van der Waals surface area contributed by atoms with E-state index < -0.39 is 18.3 Å². The number of aromatic nitrogens is 1. The molecule has 0 aromatic carbocycles. The van der Waals surface area contributed by atoms with Gasteiger partial charge in [-0.1, -0.05) is 0 Å². The third-order valence-electron chi connectivity index (χ3n) is 4.29. The Kier molecular flexibility index (Phi) is 3.23. The maximum absolute atomic E-state index is 9.06. The van der Waals surface area contributed by atoms with E-state index in [2.05, 4.69) is 11.1 Å². The molecule has 0 N–H and O–H groups in total. The third kappa shape index (κ3) is 2.64. The van der Waals surface area contributed by atoms with Crippen molar-refractivity contribution in [3.05, 3.63) is 17.8 Å². The summed E-state index contributed by atoms with van der Waals surface area (Å²) in [6, 6.07) is 5.49. The molecule has 1 aliphatic carbocycles. The van der Waals surface area contributed by atoms with E-state index in [-0.39, 0.29) is 6.10 Å². The van der Waals surface area contributed by atoms with Crippen LogP contribution in [0.15, 0.2) is 12.1 Å². The highest BCUT2D eigenvalue weighted by Gasteiger charge is 2.53. The van der Waals surface area contributed by atoms with Gasteiger partial charge in [0.05, 0.1) is 17.3 Å². The van der Waals surface area contributed by atoms with Gasteiger partial charge in [0.25, 0.3) is 0 Å². The second kappa shape index (κ2) is 4.72. The molecule has 3 rings (SSSR count). The molecule has 0 atom stereocenters. The fourth-order valence-corrected chi connectivity index (χ4v) is 2.11. The van der Waals surface area contributed by atoms with Crippen molar-refractivity contribution in [1.82, 2.24) is 4.98 Å². The Morgan fingerprint density at radius 3 is 2.38 bits per heavy atom. The Morgan fingerprint density at radius 2 is 1.86 bits per heavy atom. The summed E-state index contributed by atoms with van der Waals surface area (Å²) in [5.74, 6) is 0.648. The highest BCUT2D eigenvalue weighted by atomic mass is 16.7. The van der Waals surface area contributed by atoms with Crippen LogP contribution in [0.2, 0.25) is 0 Å². The summed E-state index contributed by atoms with van der Waals surface area (Å²) < 4.78 is 17.9. The quantitative estimate of drug-likeness (QED) is 0.793. The molecule has 0 radical (unpaired) electrons. The number of ether oxygens (including phenoxy) is 1. The average Bonchev–Trinajstić information content (AvgIpc) is 3.18. The number of rotatable bonds is 3. The van der Waals surface area contributed by atoms with E-state index in [0.29, 0.717) is 17.0 Å². The van der Waals surface area contributed by atoms with Crippen LogP contribution in [0.5, 0.6) is 5.75 Å². The number of pyridine rings is 1. The van der Waals surface area contributed by atoms with Crippen molar-refractivity contribution in [1.29, 1.82) is 5.26 Å². The molecule has 1 saturated heterocycles. The second-order valence-electron chi connectivity index (χ2n) is 6.60. The molecule has 2 fully saturated rings. The lowest BCUT2D eigenvalue weighted by atomic mass is 9.83. The van der Waals surface area contributed by atoms with Crippen molar-refractivity contribution < 1.29 is 14.0 Å². The molecule has 2 heterocycles. The molecule has 21 heavy (non-hydrogen) atoms. The van der Waals surface area contributed by atoms with Crippen LogP contribution in [-0.4, -0.2) is 29.4 Å². The van der Waals surface area contributed by atoms with Crippen LogP contribution in [0.25, 0.3) is 0 Å². The van der Waals surface area contributed by atoms with Crippen LogP contribution in [0.3, 0.4) is 0 Å². The molecule has 0 amide bonds. The predicted molar refractivity (Wildman–Crippen MR) is 78.3 cm³/mol. The van der Waals surface area contributed by atoms with Crippen molar-refractivity contribution in [3.8, 4) is 11.8 Å². The summed E-state index contributed by atoms with van der Waals surface area (Å²) in [5, 5.41) is 9.06. The molecule has 1 aromatic rings. The summed E-state index contributed by atoms with van der Waals surface area (Å²) in [6.07, 6.45) is 2.37. The highest BCUT2D eigenvalue weighted by molar-refractivity contribution is 6.62. The smallest absolute Gasteiger partial charge is 0.489 e. The maximum Gasteiger partial charge on any atom is 0.518 e. The lowest BCUT2D eigenvalue weighted by molar-refractivity contribution is 0.00578. The van der Waals surface area contributed by atoms with E-state index in [1.807, 2.05) is 27.7 Å². The SMILES string of the molecule is CC1(C)OB(c2nc(C#N)ccc2OC2CC2)OC1(C)C. The van der Waals surface area contributed by atoms with Crippen LogP contribution in [0.1, 0.15) is 46.2 Å². The minimum Gasteiger partial charge on any atom is -0.489 e. The molecule has 6 heteroatoms. The topological polar surface area (TPSA) is 64.4 Å². The molecule has 1 saturated carbocycles. The lowest BCUT2D eigenvalue weighted by Crippen LogP contribution is -2.41. The second-order valence-corrected chi connectivity index (χ2v) is 6.60. The molecule has 5 nitrogen and oxygen atoms in total. The van der Waals surface area contributed by atoms with E-state index in [4.69, 9.17) is 19.3 Å². The fraction of sp³-hybridized carbons (Fsp3) is 0.600. The number of nitriles is 1. The highest BCUT2D eigenvalue weighted by Crippen LogP contribution is 2.37. The molecular formula is C15H19BN2O3. The van der Waals surface area contributed by atoms with Gasteiger partial charge in [-0.2, -0.15) is 5.26 Å². The first-order chi connectivity index (χ1) is 9.82. The van der Waals surface area contributed by atoms with Gasteiger partial charge in [-0.05, 0) is 52.7 Å².